The van der Waals surface area contributed by atoms with Crippen LogP contribution in [0.3, 0.4) is 0 Å². The van der Waals surface area contributed by atoms with E-state index in [1.165, 1.54) is 16.1 Å². The normalized spacial score (nSPS) is 26.4. The Morgan fingerprint density at radius 2 is 2.00 bits per heavy atom. The fourth-order valence-electron chi connectivity index (χ4n) is 3.87. The molecule has 2 aliphatic heterocycles. The van der Waals surface area contributed by atoms with Crippen LogP contribution in [0, 0.1) is 0 Å². The van der Waals surface area contributed by atoms with Crippen molar-refractivity contribution in [1.82, 2.24) is 4.90 Å². The van der Waals surface area contributed by atoms with E-state index in [-0.39, 0.29) is 0 Å². The molecule has 3 unspecified atom stereocenters. The Morgan fingerprint density at radius 1 is 1.18 bits per heavy atom. The van der Waals surface area contributed by atoms with Crippen molar-refractivity contribution in [2.75, 3.05) is 31.6 Å². The molecular weight excluding hydrogens is 292 g/mol. The highest BCUT2D eigenvalue weighted by Gasteiger charge is 2.39. The number of benzene rings is 1. The summed E-state index contributed by atoms with van der Waals surface area (Å²) in [6.45, 7) is 6.05. The van der Waals surface area contributed by atoms with Gasteiger partial charge in [0.15, 0.2) is 0 Å². The first-order valence-corrected chi connectivity index (χ1v) is 8.93. The molecule has 22 heavy (non-hydrogen) atoms. The summed E-state index contributed by atoms with van der Waals surface area (Å²) < 4.78 is 5.57. The summed E-state index contributed by atoms with van der Waals surface area (Å²) in [4.78, 5) is 4.08. The summed E-state index contributed by atoms with van der Waals surface area (Å²) in [5.41, 5.74) is 2.76. The number of para-hydroxylation sites is 1. The van der Waals surface area contributed by atoms with Gasteiger partial charge in [0, 0.05) is 35.6 Å². The van der Waals surface area contributed by atoms with Crippen molar-refractivity contribution in [2.45, 2.75) is 24.9 Å². The van der Waals surface area contributed by atoms with Gasteiger partial charge in [0.05, 0.1) is 19.3 Å². The van der Waals surface area contributed by atoms with Gasteiger partial charge in [0.25, 0.3) is 0 Å². The summed E-state index contributed by atoms with van der Waals surface area (Å²) in [7, 11) is 0. The van der Waals surface area contributed by atoms with Crippen molar-refractivity contribution in [2.24, 2.45) is 0 Å². The molecule has 0 radical (unpaired) electrons. The molecule has 1 saturated heterocycles. The van der Waals surface area contributed by atoms with Crippen LogP contribution in [0.2, 0.25) is 0 Å². The predicted octanol–water partition coefficient (Wildman–Crippen LogP) is 3.72. The number of rotatable bonds is 3. The molecule has 0 saturated carbocycles. The Kier molecular flexibility index (Phi) is 3.90. The quantitative estimate of drug-likeness (QED) is 0.934. The van der Waals surface area contributed by atoms with E-state index in [4.69, 9.17) is 4.74 Å². The molecule has 3 nitrogen and oxygen atoms in total. The maximum Gasteiger partial charge on any atom is 0.0594 e. The van der Waals surface area contributed by atoms with Crippen LogP contribution in [0.15, 0.2) is 41.8 Å². The molecule has 3 atom stereocenters. The lowest BCUT2D eigenvalue weighted by atomic mass is 9.86. The molecule has 2 aliphatic rings. The van der Waals surface area contributed by atoms with E-state index in [1.54, 1.807) is 0 Å². The summed E-state index contributed by atoms with van der Waals surface area (Å²) in [6, 6.07) is 14.1. The molecule has 1 aromatic heterocycles. The van der Waals surface area contributed by atoms with Gasteiger partial charge in [0.2, 0.25) is 0 Å². The topological polar surface area (TPSA) is 24.5 Å². The first-order valence-electron chi connectivity index (χ1n) is 8.05. The highest BCUT2D eigenvalue weighted by Crippen LogP contribution is 2.47. The zero-order chi connectivity index (χ0) is 14.9. The monoisotopic (exact) mass is 314 g/mol. The second-order valence-corrected chi connectivity index (χ2v) is 7.13. The van der Waals surface area contributed by atoms with Crippen LogP contribution in [0.25, 0.3) is 0 Å². The molecule has 116 valence electrons. The summed E-state index contributed by atoms with van der Waals surface area (Å²) in [6.07, 6.45) is 0. The van der Waals surface area contributed by atoms with Crippen molar-refractivity contribution < 1.29 is 4.74 Å². The van der Waals surface area contributed by atoms with Crippen molar-refractivity contribution in [3.8, 4) is 0 Å². The van der Waals surface area contributed by atoms with Gasteiger partial charge in [-0.25, -0.2) is 0 Å². The zero-order valence-electron chi connectivity index (χ0n) is 12.9. The second-order valence-electron chi connectivity index (χ2n) is 6.15. The number of fused-ring (bicyclic) bond motifs is 1. The van der Waals surface area contributed by atoms with Gasteiger partial charge < -0.3 is 10.1 Å². The minimum absolute atomic E-state index is 0.440. The molecule has 0 aliphatic carbocycles. The Hall–Kier alpha value is -1.36. The molecule has 1 aromatic carbocycles. The van der Waals surface area contributed by atoms with Crippen LogP contribution >= 0.6 is 11.3 Å². The van der Waals surface area contributed by atoms with E-state index in [0.29, 0.717) is 18.0 Å². The molecule has 2 aromatic rings. The summed E-state index contributed by atoms with van der Waals surface area (Å²) in [5.74, 6) is 0.493. The average Bonchev–Trinajstić information content (AvgIpc) is 3.18. The number of ether oxygens (including phenoxy) is 1. The fourth-order valence-corrected chi connectivity index (χ4v) is 4.77. The largest absolute Gasteiger partial charge is 0.382 e. The standard InChI is InChI=1S/C18H22N2OS/c1-13-17(14-5-2-3-6-15(14)19-13)18(16-7-4-12-22-16)20-8-10-21-11-9-20/h2-7,12-13,17-19H,8-11H2,1H3. The van der Waals surface area contributed by atoms with Gasteiger partial charge in [-0.05, 0) is 30.0 Å². The van der Waals surface area contributed by atoms with Gasteiger partial charge >= 0.3 is 0 Å². The van der Waals surface area contributed by atoms with Gasteiger partial charge in [-0.15, -0.1) is 11.3 Å². The molecular formula is C18H22N2OS. The van der Waals surface area contributed by atoms with E-state index < -0.39 is 0 Å². The average molecular weight is 314 g/mol. The van der Waals surface area contributed by atoms with Crippen LogP contribution in [0.4, 0.5) is 5.69 Å². The third-order valence-corrected chi connectivity index (χ3v) is 5.80. The zero-order valence-corrected chi connectivity index (χ0v) is 13.7. The molecule has 0 spiro atoms. The Morgan fingerprint density at radius 3 is 2.77 bits per heavy atom. The van der Waals surface area contributed by atoms with Gasteiger partial charge in [-0.1, -0.05) is 24.3 Å². The van der Waals surface area contributed by atoms with Crippen molar-refractivity contribution >= 4 is 17.0 Å². The number of morpholine rings is 1. The molecule has 4 heteroatoms. The van der Waals surface area contributed by atoms with E-state index in [0.717, 1.165) is 26.3 Å². The lowest BCUT2D eigenvalue weighted by molar-refractivity contribution is 0.0101. The van der Waals surface area contributed by atoms with Gasteiger partial charge in [0.1, 0.15) is 0 Å². The van der Waals surface area contributed by atoms with Crippen LogP contribution in [0.5, 0.6) is 0 Å². The van der Waals surface area contributed by atoms with E-state index in [1.807, 2.05) is 11.3 Å². The highest BCUT2D eigenvalue weighted by molar-refractivity contribution is 7.10. The highest BCUT2D eigenvalue weighted by atomic mass is 32.1. The van der Waals surface area contributed by atoms with E-state index in [2.05, 4.69) is 58.9 Å². The summed E-state index contributed by atoms with van der Waals surface area (Å²) in [5, 5.41) is 5.87. The van der Waals surface area contributed by atoms with Gasteiger partial charge in [-0.2, -0.15) is 0 Å². The SMILES string of the molecule is CC1Nc2ccccc2C1C(c1cccs1)N1CCOCC1. The number of nitrogens with one attached hydrogen (secondary N) is 1. The Balaban J connectivity index is 1.74. The Bertz CT molecular complexity index is 622. The molecule has 1 fully saturated rings. The van der Waals surface area contributed by atoms with Crippen LogP contribution in [-0.2, 0) is 4.74 Å². The smallest absolute Gasteiger partial charge is 0.0594 e. The third-order valence-electron chi connectivity index (χ3n) is 4.86. The second kappa shape index (κ2) is 6.03. The maximum atomic E-state index is 5.57. The van der Waals surface area contributed by atoms with Crippen LogP contribution in [-0.4, -0.2) is 37.2 Å². The first kappa shape index (κ1) is 14.2. The molecule has 4 rings (SSSR count). The van der Waals surface area contributed by atoms with Crippen molar-refractivity contribution in [1.29, 1.82) is 0 Å². The molecule has 0 bridgehead atoms. The molecule has 1 N–H and O–H groups in total. The van der Waals surface area contributed by atoms with Crippen molar-refractivity contribution in [3.63, 3.8) is 0 Å². The fraction of sp³-hybridized carbons (Fsp3) is 0.444. The lowest BCUT2D eigenvalue weighted by Gasteiger charge is -2.39. The number of hydrogen-bond acceptors (Lipinski definition) is 4. The van der Waals surface area contributed by atoms with Gasteiger partial charge in [-0.3, -0.25) is 4.90 Å². The maximum absolute atomic E-state index is 5.57. The molecule has 3 heterocycles. The minimum Gasteiger partial charge on any atom is -0.382 e. The first-order chi connectivity index (χ1) is 10.8. The van der Waals surface area contributed by atoms with E-state index >= 15 is 0 Å². The van der Waals surface area contributed by atoms with Crippen LogP contribution < -0.4 is 5.32 Å². The van der Waals surface area contributed by atoms with Crippen LogP contribution in [0.1, 0.15) is 29.3 Å². The lowest BCUT2D eigenvalue weighted by Crippen LogP contribution is -2.42. The summed E-state index contributed by atoms with van der Waals surface area (Å²) >= 11 is 1.88. The number of anilines is 1. The number of thiophene rings is 1. The number of nitrogens with zero attached hydrogens (tertiary/aromatic N) is 1. The third kappa shape index (κ3) is 2.45. The van der Waals surface area contributed by atoms with Crippen molar-refractivity contribution in [3.05, 3.63) is 52.2 Å². The Labute approximate surface area is 135 Å². The molecule has 0 amide bonds. The van der Waals surface area contributed by atoms with E-state index in [9.17, 15) is 0 Å². The minimum atomic E-state index is 0.440. The predicted molar refractivity (Wildman–Crippen MR) is 91.7 cm³/mol. The number of hydrogen-bond donors (Lipinski definition) is 1.